The highest BCUT2D eigenvalue weighted by Crippen LogP contribution is 2.43. The lowest BCUT2D eigenvalue weighted by Crippen LogP contribution is -2.45. The van der Waals surface area contributed by atoms with Gasteiger partial charge < -0.3 is 19.5 Å². The number of amides is 1. The summed E-state index contributed by atoms with van der Waals surface area (Å²) in [6.07, 6.45) is 10.3. The molecule has 5 aromatic rings. The molecule has 3 atom stereocenters. The Kier molecular flexibility index (Phi) is 6.10. The summed E-state index contributed by atoms with van der Waals surface area (Å²) in [5, 5.41) is 3.44. The van der Waals surface area contributed by atoms with E-state index < -0.39 is 0 Å². The lowest BCUT2D eigenvalue weighted by Gasteiger charge is -2.38. The van der Waals surface area contributed by atoms with E-state index in [1.54, 1.807) is 18.9 Å². The molecule has 0 radical (unpaired) electrons. The van der Waals surface area contributed by atoms with Crippen molar-refractivity contribution in [3.05, 3.63) is 79.2 Å². The molecule has 2 aliphatic heterocycles. The van der Waals surface area contributed by atoms with Crippen LogP contribution in [0.1, 0.15) is 42.9 Å². The molecular weight excluding hydrogens is 516 g/mol. The van der Waals surface area contributed by atoms with Gasteiger partial charge in [0.1, 0.15) is 28.9 Å². The number of nitrogens with zero attached hydrogens (tertiary/aromatic N) is 7. The molecule has 1 amide bonds. The first-order valence-corrected chi connectivity index (χ1v) is 13.9. The number of nitrogens with one attached hydrogen (secondary N) is 1. The average Bonchev–Trinajstić information content (AvgIpc) is 3.48. The van der Waals surface area contributed by atoms with Crippen LogP contribution in [0.5, 0.6) is 11.5 Å². The van der Waals surface area contributed by atoms with Gasteiger partial charge in [-0.1, -0.05) is 6.58 Å². The van der Waals surface area contributed by atoms with Crippen LogP contribution in [0.4, 0.5) is 11.5 Å². The molecule has 2 bridgehead atoms. The number of hydrogen-bond acceptors (Lipinski definition) is 8. The largest absolute Gasteiger partial charge is 0.455 e. The van der Waals surface area contributed by atoms with E-state index in [0.29, 0.717) is 11.6 Å². The van der Waals surface area contributed by atoms with Gasteiger partial charge in [0, 0.05) is 42.5 Å². The van der Waals surface area contributed by atoms with Gasteiger partial charge in [-0.2, -0.15) is 0 Å². The van der Waals surface area contributed by atoms with E-state index in [2.05, 4.69) is 37.9 Å². The zero-order valence-corrected chi connectivity index (χ0v) is 23.0. The highest BCUT2D eigenvalue weighted by atomic mass is 16.5. The Hall–Kier alpha value is -4.86. The van der Waals surface area contributed by atoms with Crippen molar-refractivity contribution in [3.63, 3.8) is 0 Å². The number of imidazole rings is 1. The van der Waals surface area contributed by atoms with Crippen molar-refractivity contribution >= 4 is 39.6 Å². The molecule has 206 valence electrons. The average molecular weight is 547 g/mol. The monoisotopic (exact) mass is 546 g/mol. The van der Waals surface area contributed by atoms with Crippen molar-refractivity contribution in [2.75, 3.05) is 5.32 Å². The van der Waals surface area contributed by atoms with Crippen molar-refractivity contribution in [2.24, 2.45) is 7.05 Å². The molecule has 10 heteroatoms. The topological polar surface area (TPSA) is 111 Å². The summed E-state index contributed by atoms with van der Waals surface area (Å²) in [7, 11) is 1.91. The van der Waals surface area contributed by atoms with Crippen LogP contribution in [0.25, 0.3) is 22.2 Å². The maximum atomic E-state index is 12.4. The van der Waals surface area contributed by atoms with E-state index in [-0.39, 0.29) is 23.9 Å². The summed E-state index contributed by atoms with van der Waals surface area (Å²) in [5.41, 5.74) is 5.96. The Morgan fingerprint density at radius 1 is 1.05 bits per heavy atom. The van der Waals surface area contributed by atoms with Gasteiger partial charge in [0.15, 0.2) is 11.5 Å². The highest BCUT2D eigenvalue weighted by molar-refractivity contribution is 5.88. The molecule has 6 heterocycles. The number of piperidine rings is 1. The number of pyridine rings is 2. The van der Waals surface area contributed by atoms with Crippen LogP contribution in [-0.4, -0.2) is 52.4 Å². The SMILES string of the molecule is C=CC(=O)N1[C@@H]2CC[C@H]1CC(c1ccc3ncnc(Nc4ccc(Oc5cnc6c(c5)ncn6C)c(C)c4)c3n1)C2. The first kappa shape index (κ1) is 25.1. The van der Waals surface area contributed by atoms with Gasteiger partial charge in [0.2, 0.25) is 5.91 Å². The Morgan fingerprint density at radius 2 is 1.88 bits per heavy atom. The molecule has 2 fully saturated rings. The minimum Gasteiger partial charge on any atom is -0.455 e. The number of carbonyl (C=O) groups is 1. The number of hydrogen-bond donors (Lipinski definition) is 1. The number of aryl methyl sites for hydroxylation is 2. The van der Waals surface area contributed by atoms with Crippen molar-refractivity contribution in [3.8, 4) is 11.5 Å². The molecule has 10 nitrogen and oxygen atoms in total. The van der Waals surface area contributed by atoms with Crippen molar-refractivity contribution < 1.29 is 9.53 Å². The minimum absolute atomic E-state index is 0.0416. The fourth-order valence-corrected chi connectivity index (χ4v) is 6.32. The molecule has 2 aliphatic rings. The minimum atomic E-state index is 0.0416. The van der Waals surface area contributed by atoms with E-state index in [1.165, 1.54) is 6.08 Å². The Bertz CT molecular complexity index is 1800. The van der Waals surface area contributed by atoms with E-state index in [9.17, 15) is 4.79 Å². The number of rotatable bonds is 6. The molecule has 1 aromatic carbocycles. The second-order valence-corrected chi connectivity index (χ2v) is 10.9. The molecular formula is C31H30N8O2. The number of fused-ring (bicyclic) bond motifs is 4. The molecule has 4 aromatic heterocycles. The third kappa shape index (κ3) is 4.55. The zero-order valence-electron chi connectivity index (χ0n) is 23.0. The van der Waals surface area contributed by atoms with Crippen molar-refractivity contribution in [2.45, 2.75) is 50.6 Å². The van der Waals surface area contributed by atoms with E-state index in [4.69, 9.17) is 9.72 Å². The van der Waals surface area contributed by atoms with Gasteiger partial charge in [-0.3, -0.25) is 4.79 Å². The summed E-state index contributed by atoms with van der Waals surface area (Å²) in [6.45, 7) is 5.69. The third-order valence-electron chi connectivity index (χ3n) is 8.28. The van der Waals surface area contributed by atoms with Crippen LogP contribution in [0, 0.1) is 6.92 Å². The number of benzene rings is 1. The number of carbonyl (C=O) groups excluding carboxylic acids is 1. The second kappa shape index (κ2) is 9.96. The number of aromatic nitrogens is 6. The number of ether oxygens (including phenoxy) is 1. The Labute approximate surface area is 237 Å². The zero-order chi connectivity index (χ0) is 28.1. The van der Waals surface area contributed by atoms with Crippen LogP contribution in [0.15, 0.2) is 67.9 Å². The van der Waals surface area contributed by atoms with Gasteiger partial charge in [-0.25, -0.2) is 24.9 Å². The lowest BCUT2D eigenvalue weighted by molar-refractivity contribution is -0.130. The van der Waals surface area contributed by atoms with Crippen LogP contribution in [0.2, 0.25) is 0 Å². The van der Waals surface area contributed by atoms with E-state index in [1.807, 2.05) is 53.8 Å². The first-order valence-electron chi connectivity index (χ1n) is 13.9. The second-order valence-electron chi connectivity index (χ2n) is 10.9. The van der Waals surface area contributed by atoms with E-state index in [0.717, 1.165) is 70.6 Å². The maximum absolute atomic E-state index is 12.4. The van der Waals surface area contributed by atoms with Gasteiger partial charge >= 0.3 is 0 Å². The van der Waals surface area contributed by atoms with Crippen molar-refractivity contribution in [1.29, 1.82) is 0 Å². The van der Waals surface area contributed by atoms with Crippen LogP contribution in [0.3, 0.4) is 0 Å². The van der Waals surface area contributed by atoms with Crippen LogP contribution < -0.4 is 10.1 Å². The standard InChI is InChI=1S/C31H30N8O2/c1-4-28(40)39-21-6-7-22(39)13-19(12-21)24-8-9-25-29(37-24)30(34-16-33-25)36-20-5-10-27(18(2)11-20)41-23-14-26-31(32-15-23)38(3)17-35-26/h4-5,8-11,14-17,19,21-22H,1,6-7,12-13H2,2-3H3,(H,33,34,36)/t19?,21-,22+. The van der Waals surface area contributed by atoms with Crippen molar-refractivity contribution in [1.82, 2.24) is 34.4 Å². The molecule has 1 unspecified atom stereocenters. The summed E-state index contributed by atoms with van der Waals surface area (Å²) in [5.74, 6) is 2.34. The Balaban J connectivity index is 1.12. The third-order valence-corrected chi connectivity index (χ3v) is 8.28. The van der Waals surface area contributed by atoms with Gasteiger partial charge in [-0.15, -0.1) is 0 Å². The fourth-order valence-electron chi connectivity index (χ4n) is 6.32. The predicted molar refractivity (Wildman–Crippen MR) is 156 cm³/mol. The molecule has 0 saturated carbocycles. The fraction of sp³-hybridized carbons (Fsp3) is 0.290. The lowest BCUT2D eigenvalue weighted by atomic mass is 9.87. The van der Waals surface area contributed by atoms with Crippen LogP contribution >= 0.6 is 0 Å². The summed E-state index contributed by atoms with van der Waals surface area (Å²) in [4.78, 5) is 37.3. The molecule has 41 heavy (non-hydrogen) atoms. The normalized spacial score (nSPS) is 20.0. The smallest absolute Gasteiger partial charge is 0.246 e. The molecule has 2 saturated heterocycles. The molecule has 0 aliphatic carbocycles. The first-order chi connectivity index (χ1) is 20.0. The molecule has 0 spiro atoms. The number of anilines is 2. The molecule has 1 N–H and O–H groups in total. The van der Waals surface area contributed by atoms with Crippen LogP contribution in [-0.2, 0) is 11.8 Å². The quantitative estimate of drug-likeness (QED) is 0.275. The summed E-state index contributed by atoms with van der Waals surface area (Å²) >= 11 is 0. The summed E-state index contributed by atoms with van der Waals surface area (Å²) in [6, 6.07) is 12.4. The van der Waals surface area contributed by atoms with Gasteiger partial charge in [0.25, 0.3) is 0 Å². The summed E-state index contributed by atoms with van der Waals surface area (Å²) < 4.78 is 8.00. The van der Waals surface area contributed by atoms with Gasteiger partial charge in [-0.05, 0) is 74.6 Å². The highest BCUT2D eigenvalue weighted by Gasteiger charge is 2.43. The maximum Gasteiger partial charge on any atom is 0.246 e. The van der Waals surface area contributed by atoms with Gasteiger partial charge in [0.05, 0.1) is 18.0 Å². The predicted octanol–water partition coefficient (Wildman–Crippen LogP) is 5.57. The van der Waals surface area contributed by atoms with E-state index >= 15 is 0 Å². The Morgan fingerprint density at radius 3 is 2.66 bits per heavy atom. The molecule has 7 rings (SSSR count).